The number of rotatable bonds is 5. The van der Waals surface area contributed by atoms with Gasteiger partial charge in [-0.25, -0.2) is 0 Å². The van der Waals surface area contributed by atoms with Crippen LogP contribution in [-0.4, -0.2) is 46.5 Å². The Morgan fingerprint density at radius 3 is 2.29 bits per heavy atom. The van der Waals surface area contributed by atoms with E-state index >= 15 is 0 Å². The molecule has 0 aromatic heterocycles. The molecule has 0 amide bonds. The maximum absolute atomic E-state index is 4.65. The second-order valence-corrected chi connectivity index (χ2v) is 6.87. The van der Waals surface area contributed by atoms with Crippen molar-refractivity contribution in [3.63, 3.8) is 0 Å². The molecule has 100 valence electrons. The average Bonchev–Trinajstić information content (AvgIpc) is 2.51. The molecule has 0 saturated carbocycles. The van der Waals surface area contributed by atoms with Gasteiger partial charge in [-0.2, -0.15) is 0 Å². The lowest BCUT2D eigenvalue weighted by atomic mass is 10.1. The summed E-state index contributed by atoms with van der Waals surface area (Å²) in [5.74, 6) is 1.11. The minimum atomic E-state index is 0.208. The molecule has 3 nitrogen and oxygen atoms in total. The molecule has 1 aliphatic heterocycles. The van der Waals surface area contributed by atoms with E-state index in [2.05, 4.69) is 56.8 Å². The van der Waals surface area contributed by atoms with Crippen molar-refractivity contribution in [3.8, 4) is 0 Å². The number of aliphatic imine (C=N–C) groups is 1. The largest absolute Gasteiger partial charge is 0.359 e. The highest BCUT2D eigenvalue weighted by Crippen LogP contribution is 2.21. The van der Waals surface area contributed by atoms with Crippen LogP contribution < -0.4 is 5.32 Å². The van der Waals surface area contributed by atoms with Crippen molar-refractivity contribution in [1.29, 1.82) is 0 Å². The third kappa shape index (κ3) is 4.88. The lowest BCUT2D eigenvalue weighted by Crippen LogP contribution is -2.39. The van der Waals surface area contributed by atoms with E-state index in [-0.39, 0.29) is 5.54 Å². The minimum Gasteiger partial charge on any atom is -0.359 e. The van der Waals surface area contributed by atoms with E-state index in [0.717, 1.165) is 24.0 Å². The van der Waals surface area contributed by atoms with Crippen LogP contribution >= 0.6 is 11.8 Å². The number of thioether (sulfide) groups is 1. The molecule has 0 bridgehead atoms. The zero-order valence-electron chi connectivity index (χ0n) is 12.1. The highest BCUT2D eigenvalue weighted by atomic mass is 32.2. The summed E-state index contributed by atoms with van der Waals surface area (Å²) in [5, 5.41) is 4.57. The standard InChI is InChI=1S/C13H27N3S/c1-10(2)16(11(3)4)8-7-14-12-15-13(5,6)9-17-12/h10-11H,7-9H2,1-6H3,(H,14,15). The zero-order valence-corrected chi connectivity index (χ0v) is 12.9. The van der Waals surface area contributed by atoms with Gasteiger partial charge in [-0.05, 0) is 41.5 Å². The summed E-state index contributed by atoms with van der Waals surface area (Å²) in [6, 6.07) is 1.19. The van der Waals surface area contributed by atoms with Gasteiger partial charge in [-0.15, -0.1) is 0 Å². The van der Waals surface area contributed by atoms with Crippen molar-refractivity contribution in [1.82, 2.24) is 10.2 Å². The van der Waals surface area contributed by atoms with Crippen molar-refractivity contribution in [3.05, 3.63) is 0 Å². The van der Waals surface area contributed by atoms with Crippen LogP contribution in [0.5, 0.6) is 0 Å². The van der Waals surface area contributed by atoms with Gasteiger partial charge < -0.3 is 5.32 Å². The average molecular weight is 257 g/mol. The first kappa shape index (κ1) is 14.8. The van der Waals surface area contributed by atoms with E-state index in [1.807, 2.05) is 11.8 Å². The van der Waals surface area contributed by atoms with Crippen LogP contribution in [-0.2, 0) is 0 Å². The summed E-state index contributed by atoms with van der Waals surface area (Å²) in [4.78, 5) is 7.13. The van der Waals surface area contributed by atoms with E-state index in [1.54, 1.807) is 0 Å². The fourth-order valence-electron chi connectivity index (χ4n) is 2.08. The first-order chi connectivity index (χ1) is 7.82. The summed E-state index contributed by atoms with van der Waals surface area (Å²) in [6.45, 7) is 15.4. The van der Waals surface area contributed by atoms with Crippen LogP contribution in [0.2, 0.25) is 0 Å². The van der Waals surface area contributed by atoms with Gasteiger partial charge in [-0.3, -0.25) is 9.89 Å². The molecule has 0 aliphatic carbocycles. The maximum Gasteiger partial charge on any atom is 0.157 e. The summed E-state index contributed by atoms with van der Waals surface area (Å²) in [6.07, 6.45) is 0. The Bertz CT molecular complexity index is 264. The van der Waals surface area contributed by atoms with Gasteiger partial charge in [0, 0.05) is 29.9 Å². The molecule has 1 rings (SSSR count). The molecule has 4 heteroatoms. The van der Waals surface area contributed by atoms with Gasteiger partial charge in [0.1, 0.15) is 0 Å². The molecule has 0 unspecified atom stereocenters. The summed E-state index contributed by atoms with van der Waals surface area (Å²) in [5.41, 5.74) is 0.208. The second-order valence-electron chi connectivity index (χ2n) is 5.91. The minimum absolute atomic E-state index is 0.208. The number of amidine groups is 1. The molecule has 0 aromatic rings. The Balaban J connectivity index is 2.39. The van der Waals surface area contributed by atoms with E-state index < -0.39 is 0 Å². The Hall–Kier alpha value is -0.220. The van der Waals surface area contributed by atoms with Gasteiger partial charge in [0.25, 0.3) is 0 Å². The monoisotopic (exact) mass is 257 g/mol. The molecule has 0 atom stereocenters. The quantitative estimate of drug-likeness (QED) is 0.820. The normalized spacial score (nSPS) is 21.8. The van der Waals surface area contributed by atoms with Crippen molar-refractivity contribution >= 4 is 16.9 Å². The zero-order chi connectivity index (χ0) is 13.1. The molecular weight excluding hydrogens is 230 g/mol. The molecule has 1 fully saturated rings. The van der Waals surface area contributed by atoms with Gasteiger partial charge in [-0.1, -0.05) is 11.8 Å². The molecule has 1 aliphatic rings. The third-order valence-electron chi connectivity index (χ3n) is 2.96. The first-order valence-corrected chi connectivity index (χ1v) is 7.51. The van der Waals surface area contributed by atoms with E-state index in [4.69, 9.17) is 0 Å². The smallest absolute Gasteiger partial charge is 0.157 e. The van der Waals surface area contributed by atoms with E-state index in [9.17, 15) is 0 Å². The number of nitrogens with zero attached hydrogens (tertiary/aromatic N) is 2. The number of hydrogen-bond acceptors (Lipinski definition) is 3. The SMILES string of the molecule is CC(C)N(CCN=C1NC(C)(C)CS1)C(C)C. The van der Waals surface area contributed by atoms with Crippen molar-refractivity contribution < 1.29 is 0 Å². The van der Waals surface area contributed by atoms with Gasteiger partial charge in [0.2, 0.25) is 0 Å². The number of nitrogens with one attached hydrogen (secondary N) is 1. The van der Waals surface area contributed by atoms with Crippen LogP contribution in [0.1, 0.15) is 41.5 Å². The second kappa shape index (κ2) is 6.10. The third-order valence-corrected chi connectivity index (χ3v) is 4.33. The summed E-state index contributed by atoms with van der Waals surface area (Å²) in [7, 11) is 0. The fraction of sp³-hybridized carbons (Fsp3) is 0.923. The molecule has 1 heterocycles. The summed E-state index contributed by atoms with van der Waals surface area (Å²) >= 11 is 1.84. The Labute approximate surface area is 110 Å². The topological polar surface area (TPSA) is 27.6 Å². The Kier molecular flexibility index (Phi) is 5.32. The summed E-state index contributed by atoms with van der Waals surface area (Å²) < 4.78 is 0. The Morgan fingerprint density at radius 2 is 1.88 bits per heavy atom. The first-order valence-electron chi connectivity index (χ1n) is 6.53. The van der Waals surface area contributed by atoms with Gasteiger partial charge in [0.05, 0.1) is 6.54 Å². The van der Waals surface area contributed by atoms with Crippen LogP contribution in [0, 0.1) is 0 Å². The van der Waals surface area contributed by atoms with Crippen LogP contribution in [0.3, 0.4) is 0 Å². The molecule has 0 aromatic carbocycles. The molecule has 1 saturated heterocycles. The van der Waals surface area contributed by atoms with E-state index in [1.165, 1.54) is 0 Å². The predicted molar refractivity (Wildman–Crippen MR) is 79.0 cm³/mol. The number of hydrogen-bond donors (Lipinski definition) is 1. The highest BCUT2D eigenvalue weighted by molar-refractivity contribution is 8.14. The maximum atomic E-state index is 4.65. The Morgan fingerprint density at radius 1 is 1.29 bits per heavy atom. The van der Waals surface area contributed by atoms with E-state index in [0.29, 0.717) is 12.1 Å². The molecular formula is C13H27N3S. The van der Waals surface area contributed by atoms with Crippen molar-refractivity contribution in [2.24, 2.45) is 4.99 Å². The van der Waals surface area contributed by atoms with Crippen molar-refractivity contribution in [2.75, 3.05) is 18.8 Å². The predicted octanol–water partition coefficient (Wildman–Crippen LogP) is 2.58. The van der Waals surface area contributed by atoms with Crippen molar-refractivity contribution in [2.45, 2.75) is 59.2 Å². The molecule has 17 heavy (non-hydrogen) atoms. The van der Waals surface area contributed by atoms with Gasteiger partial charge >= 0.3 is 0 Å². The lowest BCUT2D eigenvalue weighted by Gasteiger charge is -2.29. The molecule has 0 radical (unpaired) electrons. The van der Waals surface area contributed by atoms with Crippen LogP contribution in [0.4, 0.5) is 0 Å². The van der Waals surface area contributed by atoms with Crippen LogP contribution in [0.15, 0.2) is 4.99 Å². The van der Waals surface area contributed by atoms with Gasteiger partial charge in [0.15, 0.2) is 5.17 Å². The fourth-order valence-corrected chi connectivity index (χ4v) is 3.18. The molecule has 0 spiro atoms. The lowest BCUT2D eigenvalue weighted by molar-refractivity contribution is 0.181. The highest BCUT2D eigenvalue weighted by Gasteiger charge is 2.27. The molecule has 1 N–H and O–H groups in total. The van der Waals surface area contributed by atoms with Crippen LogP contribution in [0.25, 0.3) is 0 Å².